The van der Waals surface area contributed by atoms with Crippen molar-refractivity contribution < 1.29 is 52.4 Å². The molecule has 1 amide bonds. The predicted octanol–water partition coefficient (Wildman–Crippen LogP) is 3.38. The van der Waals surface area contributed by atoms with Gasteiger partial charge in [0.15, 0.2) is 18.0 Å². The number of amides is 1. The van der Waals surface area contributed by atoms with Gasteiger partial charge in [0.25, 0.3) is 0 Å². The molecule has 1 saturated heterocycles. The van der Waals surface area contributed by atoms with E-state index in [1.165, 1.54) is 20.8 Å². The van der Waals surface area contributed by atoms with E-state index in [0.717, 1.165) is 19.3 Å². The molecule has 3 fully saturated rings. The molecule has 3 aliphatic rings. The molecule has 2 aromatic carbocycles. The van der Waals surface area contributed by atoms with Gasteiger partial charge in [-0.3, -0.25) is 14.4 Å². The zero-order valence-electron chi connectivity index (χ0n) is 25.3. The average Bonchev–Trinajstić information content (AvgIpc) is 3.48. The highest BCUT2D eigenvalue weighted by Crippen LogP contribution is 2.48. The smallest absolute Gasteiger partial charge is 0.352 e. The van der Waals surface area contributed by atoms with E-state index in [4.69, 9.17) is 28.4 Å². The molecule has 12 nitrogen and oxygen atoms in total. The van der Waals surface area contributed by atoms with E-state index in [1.807, 2.05) is 0 Å². The Morgan fingerprint density at radius 3 is 1.49 bits per heavy atom. The second-order valence-electron chi connectivity index (χ2n) is 11.5. The number of hydrogen-bond acceptors (Lipinski definition) is 11. The van der Waals surface area contributed by atoms with Crippen molar-refractivity contribution in [1.29, 1.82) is 0 Å². The van der Waals surface area contributed by atoms with Gasteiger partial charge in [0.1, 0.15) is 18.2 Å². The Bertz CT molecular complexity index is 1300. The maximum atomic E-state index is 13.7. The van der Waals surface area contributed by atoms with Crippen LogP contribution < -0.4 is 5.32 Å². The minimum absolute atomic E-state index is 0.380. The fourth-order valence-corrected chi connectivity index (χ4v) is 6.25. The molecule has 0 radical (unpaired) electrons. The molecule has 0 aromatic heterocycles. The third-order valence-electron chi connectivity index (χ3n) is 8.07. The Morgan fingerprint density at radius 1 is 0.689 bits per heavy atom. The number of carbonyl (C=O) groups is 5. The molecule has 1 spiro atoms. The zero-order chi connectivity index (χ0) is 32.1. The summed E-state index contributed by atoms with van der Waals surface area (Å²) in [6.07, 6.45) is -3.26. The maximum Gasteiger partial charge on any atom is 0.352 e. The first-order chi connectivity index (χ1) is 21.6. The van der Waals surface area contributed by atoms with Crippen molar-refractivity contribution in [3.05, 3.63) is 71.8 Å². The van der Waals surface area contributed by atoms with Gasteiger partial charge in [-0.25, -0.2) is 9.59 Å². The fraction of sp³-hybridized carbons (Fsp3) is 0.485. The highest BCUT2D eigenvalue weighted by Gasteiger charge is 2.65. The van der Waals surface area contributed by atoms with Crippen molar-refractivity contribution in [2.45, 2.75) is 101 Å². The van der Waals surface area contributed by atoms with Crippen LogP contribution in [0.25, 0.3) is 0 Å². The van der Waals surface area contributed by atoms with E-state index in [9.17, 15) is 24.0 Å². The molecule has 5 rings (SSSR count). The molecule has 45 heavy (non-hydrogen) atoms. The second kappa shape index (κ2) is 13.8. The topological polar surface area (TPSA) is 153 Å². The lowest BCUT2D eigenvalue weighted by Gasteiger charge is -2.36. The van der Waals surface area contributed by atoms with Crippen LogP contribution in [0, 0.1) is 0 Å². The molecule has 2 saturated carbocycles. The summed E-state index contributed by atoms with van der Waals surface area (Å²) in [5.74, 6) is -4.69. The summed E-state index contributed by atoms with van der Waals surface area (Å²) >= 11 is 0. The number of rotatable bonds is 9. The van der Waals surface area contributed by atoms with Crippen molar-refractivity contribution in [2.24, 2.45) is 0 Å². The number of ether oxygens (including phenoxy) is 6. The number of carbonyl (C=O) groups excluding carboxylic acids is 5. The molecule has 2 aliphatic carbocycles. The minimum Gasteiger partial charge on any atom is -0.454 e. The number of hydrogen-bond donors (Lipinski definition) is 1. The Hall–Kier alpha value is -4.29. The molecule has 7 atom stereocenters. The Morgan fingerprint density at radius 2 is 1.11 bits per heavy atom. The molecule has 1 unspecified atom stereocenters. The van der Waals surface area contributed by atoms with E-state index < -0.39 is 78.2 Å². The Labute approximate surface area is 260 Å². The Balaban J connectivity index is 1.48. The lowest BCUT2D eigenvalue weighted by molar-refractivity contribution is -0.224. The van der Waals surface area contributed by atoms with Crippen molar-refractivity contribution in [3.8, 4) is 0 Å². The van der Waals surface area contributed by atoms with E-state index in [1.54, 1.807) is 60.7 Å². The van der Waals surface area contributed by atoms with Crippen LogP contribution in [0.1, 0.15) is 76.2 Å². The third kappa shape index (κ3) is 7.34. The van der Waals surface area contributed by atoms with Gasteiger partial charge in [0.2, 0.25) is 18.1 Å². The minimum atomic E-state index is -1.40. The van der Waals surface area contributed by atoms with E-state index in [0.29, 0.717) is 24.0 Å². The van der Waals surface area contributed by atoms with Gasteiger partial charge in [-0.1, -0.05) is 67.1 Å². The summed E-state index contributed by atoms with van der Waals surface area (Å²) in [5, 5.41) is 2.74. The van der Waals surface area contributed by atoms with Crippen LogP contribution in [-0.2, 0) is 52.4 Å². The number of nitrogens with one attached hydrogen (secondary N) is 1. The molecule has 1 N–H and O–H groups in total. The summed E-state index contributed by atoms with van der Waals surface area (Å²) in [7, 11) is 0. The van der Waals surface area contributed by atoms with Crippen molar-refractivity contribution >= 4 is 29.8 Å². The first-order valence-corrected chi connectivity index (χ1v) is 15.0. The van der Waals surface area contributed by atoms with Gasteiger partial charge in [0.05, 0.1) is 0 Å². The van der Waals surface area contributed by atoms with Crippen molar-refractivity contribution in [3.63, 3.8) is 0 Å². The average molecular weight is 624 g/mol. The first-order valence-electron chi connectivity index (χ1n) is 15.0. The lowest BCUT2D eigenvalue weighted by atomic mass is 9.94. The van der Waals surface area contributed by atoms with Crippen LogP contribution in [0.15, 0.2) is 60.7 Å². The summed E-state index contributed by atoms with van der Waals surface area (Å²) in [6.45, 7) is 3.63. The number of esters is 4. The van der Waals surface area contributed by atoms with Gasteiger partial charge in [-0.2, -0.15) is 0 Å². The molecule has 1 aliphatic heterocycles. The summed E-state index contributed by atoms with van der Waals surface area (Å²) in [6, 6.07) is 15.6. The highest BCUT2D eigenvalue weighted by atomic mass is 16.8. The number of fused-ring (bicyclic) bond motifs is 1. The fourth-order valence-electron chi connectivity index (χ4n) is 6.25. The van der Waals surface area contributed by atoms with Crippen LogP contribution in [-0.4, -0.2) is 66.0 Å². The summed E-state index contributed by atoms with van der Waals surface area (Å²) < 4.78 is 35.7. The zero-order valence-corrected chi connectivity index (χ0v) is 25.3. The summed E-state index contributed by atoms with van der Waals surface area (Å²) in [5.41, 5.74) is 0.761. The SMILES string of the molecule is CC(=O)NC1[C@@H](OC(=O)[C@H](OC(C)=O)c2ccccc2)[C@@H]2OC3(CCCCC3)O[C@@H]2[C@H]1OC(=O)[C@H](OC(C)=O)c1ccccc1. The number of benzene rings is 2. The van der Waals surface area contributed by atoms with Crippen LogP contribution in [0.5, 0.6) is 0 Å². The van der Waals surface area contributed by atoms with Gasteiger partial charge >= 0.3 is 23.9 Å². The van der Waals surface area contributed by atoms with E-state index in [2.05, 4.69) is 5.32 Å². The Kier molecular flexibility index (Phi) is 9.83. The molecule has 0 bridgehead atoms. The van der Waals surface area contributed by atoms with Gasteiger partial charge in [-0.05, 0) is 12.8 Å². The van der Waals surface area contributed by atoms with Crippen molar-refractivity contribution in [1.82, 2.24) is 5.32 Å². The standard InChI is InChI=1S/C33H37NO11/c1-19(35)34-24-27(42-31(38)25(40-20(2)36)22-13-7-4-8-14-22)29-30(45-33(44-29)17-11-6-12-18-33)28(24)43-32(39)26(41-21(3)37)23-15-9-5-10-16-23/h4-5,7-10,13-16,24-30H,6,11-12,17-18H2,1-3H3,(H,34,35)/t24?,25-,26-,27-,28+,29+,30-/m1/s1. The van der Waals surface area contributed by atoms with E-state index >= 15 is 0 Å². The molecule has 240 valence electrons. The van der Waals surface area contributed by atoms with Crippen LogP contribution in [0.4, 0.5) is 0 Å². The predicted molar refractivity (Wildman–Crippen MR) is 155 cm³/mol. The lowest BCUT2D eigenvalue weighted by Crippen LogP contribution is -2.53. The van der Waals surface area contributed by atoms with Gasteiger partial charge in [0, 0.05) is 44.7 Å². The van der Waals surface area contributed by atoms with Crippen LogP contribution in [0.3, 0.4) is 0 Å². The quantitative estimate of drug-likeness (QED) is 0.323. The van der Waals surface area contributed by atoms with E-state index in [-0.39, 0.29) is 0 Å². The molecule has 1 heterocycles. The van der Waals surface area contributed by atoms with Crippen LogP contribution in [0.2, 0.25) is 0 Å². The normalized spacial score (nSPS) is 26.2. The third-order valence-corrected chi connectivity index (χ3v) is 8.07. The monoisotopic (exact) mass is 623 g/mol. The first kappa shape index (κ1) is 32.1. The second-order valence-corrected chi connectivity index (χ2v) is 11.5. The molecular formula is C33H37NO11. The molecular weight excluding hydrogens is 586 g/mol. The van der Waals surface area contributed by atoms with Gasteiger partial charge < -0.3 is 33.7 Å². The van der Waals surface area contributed by atoms with Crippen LogP contribution >= 0.6 is 0 Å². The summed E-state index contributed by atoms with van der Waals surface area (Å²) in [4.78, 5) is 63.8. The molecule has 12 heteroatoms. The maximum absolute atomic E-state index is 13.7. The van der Waals surface area contributed by atoms with Gasteiger partial charge in [-0.15, -0.1) is 0 Å². The largest absolute Gasteiger partial charge is 0.454 e. The van der Waals surface area contributed by atoms with Crippen molar-refractivity contribution in [2.75, 3.05) is 0 Å². The molecule has 2 aromatic rings. The highest BCUT2D eigenvalue weighted by molar-refractivity contribution is 5.82.